The minimum absolute atomic E-state index is 0.326. The molecule has 0 bridgehead atoms. The van der Waals surface area contributed by atoms with Gasteiger partial charge in [0.25, 0.3) is 0 Å². The molecule has 0 saturated heterocycles. The summed E-state index contributed by atoms with van der Waals surface area (Å²) in [5.41, 5.74) is 1.05. The Balaban J connectivity index is 2.48. The van der Waals surface area contributed by atoms with Gasteiger partial charge in [0, 0.05) is 24.3 Å². The number of aromatic nitrogens is 2. The van der Waals surface area contributed by atoms with Crippen LogP contribution >= 0.6 is 11.8 Å². The number of rotatable bonds is 8. The van der Waals surface area contributed by atoms with E-state index in [0.717, 1.165) is 30.3 Å². The van der Waals surface area contributed by atoms with Crippen molar-refractivity contribution in [3.63, 3.8) is 0 Å². The molecule has 1 rings (SSSR count). The highest BCUT2D eigenvalue weighted by Crippen LogP contribution is 2.17. The third-order valence-corrected chi connectivity index (χ3v) is 3.79. The average molecular weight is 253 g/mol. The molecule has 0 aliphatic carbocycles. The van der Waals surface area contributed by atoms with Gasteiger partial charge >= 0.3 is 0 Å². The first-order valence-electron chi connectivity index (χ1n) is 6.31. The zero-order valence-electron chi connectivity index (χ0n) is 11.0. The molecule has 1 aromatic heterocycles. The molecule has 0 fully saturated rings. The molecule has 3 nitrogen and oxygen atoms in total. The predicted octanol–water partition coefficient (Wildman–Crippen LogP) is 2.91. The van der Waals surface area contributed by atoms with Crippen LogP contribution in [0.2, 0.25) is 0 Å². The van der Waals surface area contributed by atoms with Crippen LogP contribution in [0.15, 0.2) is 18.6 Å². The molecule has 0 amide bonds. The predicted molar refractivity (Wildman–Crippen MR) is 75.2 cm³/mol. The number of thioether (sulfide) groups is 1. The normalized spacial score (nSPS) is 12.9. The van der Waals surface area contributed by atoms with E-state index in [0.29, 0.717) is 6.04 Å². The van der Waals surface area contributed by atoms with Crippen LogP contribution in [0.3, 0.4) is 0 Å². The molecule has 0 aliphatic heterocycles. The van der Waals surface area contributed by atoms with E-state index >= 15 is 0 Å². The fraction of sp³-hybridized carbons (Fsp3) is 0.692. The van der Waals surface area contributed by atoms with Gasteiger partial charge in [-0.2, -0.15) is 11.8 Å². The summed E-state index contributed by atoms with van der Waals surface area (Å²) in [7, 11) is 0. The van der Waals surface area contributed by atoms with Crippen molar-refractivity contribution in [1.82, 2.24) is 15.3 Å². The van der Waals surface area contributed by atoms with Crippen LogP contribution in [0.4, 0.5) is 0 Å². The molecule has 96 valence electrons. The van der Waals surface area contributed by atoms with Crippen LogP contribution in [0.25, 0.3) is 0 Å². The molecule has 0 aromatic carbocycles. The molecule has 1 heterocycles. The van der Waals surface area contributed by atoms with Gasteiger partial charge in [0.15, 0.2) is 0 Å². The second-order valence-electron chi connectivity index (χ2n) is 4.57. The average Bonchev–Trinajstić information content (AvgIpc) is 2.34. The van der Waals surface area contributed by atoms with E-state index in [-0.39, 0.29) is 0 Å². The first kappa shape index (κ1) is 14.5. The summed E-state index contributed by atoms with van der Waals surface area (Å²) in [6, 6.07) is 0.326. The minimum atomic E-state index is 0.326. The summed E-state index contributed by atoms with van der Waals surface area (Å²) in [6.45, 7) is 7.72. The lowest BCUT2D eigenvalue weighted by Crippen LogP contribution is -2.25. The summed E-state index contributed by atoms with van der Waals surface area (Å²) in [5, 5.41) is 3.54. The van der Waals surface area contributed by atoms with Crippen molar-refractivity contribution in [1.29, 1.82) is 0 Å². The van der Waals surface area contributed by atoms with Gasteiger partial charge < -0.3 is 5.32 Å². The summed E-state index contributed by atoms with van der Waals surface area (Å²) < 4.78 is 0. The molecule has 17 heavy (non-hydrogen) atoms. The maximum absolute atomic E-state index is 4.39. The second kappa shape index (κ2) is 8.48. The summed E-state index contributed by atoms with van der Waals surface area (Å²) in [5.74, 6) is 3.01. The highest BCUT2D eigenvalue weighted by Gasteiger charge is 2.12. The van der Waals surface area contributed by atoms with Gasteiger partial charge in [-0.25, -0.2) is 0 Å². The SMILES string of the molecule is CCCNC(CSCC(C)C)c1cnccn1. The Kier molecular flexibility index (Phi) is 7.21. The maximum atomic E-state index is 4.39. The van der Waals surface area contributed by atoms with Crippen molar-refractivity contribution in [3.05, 3.63) is 24.3 Å². The maximum Gasteiger partial charge on any atom is 0.0764 e. The van der Waals surface area contributed by atoms with E-state index in [2.05, 4.69) is 36.1 Å². The monoisotopic (exact) mass is 253 g/mol. The largest absolute Gasteiger partial charge is 0.308 e. The Hall–Kier alpha value is -0.610. The van der Waals surface area contributed by atoms with Crippen molar-refractivity contribution in [2.45, 2.75) is 33.2 Å². The molecule has 1 aromatic rings. The Bertz CT molecular complexity index is 290. The molecule has 0 spiro atoms. The quantitative estimate of drug-likeness (QED) is 0.773. The van der Waals surface area contributed by atoms with Gasteiger partial charge in [0.1, 0.15) is 0 Å². The molecule has 1 N–H and O–H groups in total. The van der Waals surface area contributed by atoms with Crippen LogP contribution in [-0.2, 0) is 0 Å². The number of nitrogens with zero attached hydrogens (tertiary/aromatic N) is 2. The van der Waals surface area contributed by atoms with Crippen LogP contribution in [0.5, 0.6) is 0 Å². The smallest absolute Gasteiger partial charge is 0.0764 e. The molecule has 0 aliphatic rings. The molecular formula is C13H23N3S. The minimum Gasteiger partial charge on any atom is -0.308 e. The fourth-order valence-corrected chi connectivity index (χ4v) is 2.61. The van der Waals surface area contributed by atoms with Gasteiger partial charge in [-0.05, 0) is 24.6 Å². The number of hydrogen-bond acceptors (Lipinski definition) is 4. The third-order valence-electron chi connectivity index (χ3n) is 2.32. The Morgan fingerprint density at radius 2 is 2.12 bits per heavy atom. The second-order valence-corrected chi connectivity index (χ2v) is 5.64. The molecular weight excluding hydrogens is 230 g/mol. The van der Waals surface area contributed by atoms with E-state index in [1.807, 2.05) is 18.0 Å². The van der Waals surface area contributed by atoms with Crippen LogP contribution < -0.4 is 5.32 Å². The van der Waals surface area contributed by atoms with Gasteiger partial charge in [-0.3, -0.25) is 9.97 Å². The molecule has 0 saturated carbocycles. The fourth-order valence-electron chi connectivity index (χ4n) is 1.48. The van der Waals surface area contributed by atoms with Crippen LogP contribution in [0, 0.1) is 5.92 Å². The van der Waals surface area contributed by atoms with E-state index < -0.39 is 0 Å². The van der Waals surface area contributed by atoms with Crippen molar-refractivity contribution in [3.8, 4) is 0 Å². The van der Waals surface area contributed by atoms with Crippen molar-refractivity contribution in [2.24, 2.45) is 5.92 Å². The molecule has 1 atom stereocenters. The standard InChI is InChI=1S/C13H23N3S/c1-4-5-15-13(10-17-9-11(2)3)12-8-14-6-7-16-12/h6-8,11,13,15H,4-5,9-10H2,1-3H3. The first-order chi connectivity index (χ1) is 8.24. The zero-order chi connectivity index (χ0) is 12.5. The van der Waals surface area contributed by atoms with E-state index in [4.69, 9.17) is 0 Å². The number of nitrogens with one attached hydrogen (secondary N) is 1. The third kappa shape index (κ3) is 6.03. The van der Waals surface area contributed by atoms with Gasteiger partial charge in [-0.1, -0.05) is 20.8 Å². The van der Waals surface area contributed by atoms with Gasteiger partial charge in [0.05, 0.1) is 11.7 Å². The molecule has 4 heteroatoms. The molecule has 1 unspecified atom stereocenters. The lowest BCUT2D eigenvalue weighted by Gasteiger charge is -2.17. The summed E-state index contributed by atoms with van der Waals surface area (Å²) in [4.78, 5) is 8.54. The first-order valence-corrected chi connectivity index (χ1v) is 7.46. The highest BCUT2D eigenvalue weighted by molar-refractivity contribution is 7.99. The topological polar surface area (TPSA) is 37.8 Å². The zero-order valence-corrected chi connectivity index (χ0v) is 11.8. The van der Waals surface area contributed by atoms with E-state index in [9.17, 15) is 0 Å². The van der Waals surface area contributed by atoms with E-state index in [1.54, 1.807) is 12.4 Å². The Morgan fingerprint density at radius 3 is 2.71 bits per heavy atom. The Labute approximate surface area is 109 Å². The van der Waals surface area contributed by atoms with E-state index in [1.165, 1.54) is 5.75 Å². The van der Waals surface area contributed by atoms with Crippen molar-refractivity contribution in [2.75, 3.05) is 18.1 Å². The van der Waals surface area contributed by atoms with Crippen molar-refractivity contribution < 1.29 is 0 Å². The lowest BCUT2D eigenvalue weighted by atomic mass is 10.2. The van der Waals surface area contributed by atoms with Crippen LogP contribution in [0.1, 0.15) is 38.9 Å². The number of hydrogen-bond donors (Lipinski definition) is 1. The van der Waals surface area contributed by atoms with Gasteiger partial charge in [-0.15, -0.1) is 0 Å². The molecule has 0 radical (unpaired) electrons. The van der Waals surface area contributed by atoms with Crippen LogP contribution in [-0.4, -0.2) is 28.0 Å². The Morgan fingerprint density at radius 1 is 1.29 bits per heavy atom. The van der Waals surface area contributed by atoms with Gasteiger partial charge in [0.2, 0.25) is 0 Å². The lowest BCUT2D eigenvalue weighted by molar-refractivity contribution is 0.562. The van der Waals surface area contributed by atoms with Crippen molar-refractivity contribution >= 4 is 11.8 Å². The summed E-state index contributed by atoms with van der Waals surface area (Å²) in [6.07, 6.45) is 6.50. The summed E-state index contributed by atoms with van der Waals surface area (Å²) >= 11 is 1.98. The highest BCUT2D eigenvalue weighted by atomic mass is 32.2.